The first kappa shape index (κ1) is 12.8. The summed E-state index contributed by atoms with van der Waals surface area (Å²) in [6.45, 7) is 7.71. The maximum atomic E-state index is 12.3. The molecule has 0 radical (unpaired) electrons. The van der Waals surface area contributed by atoms with Gasteiger partial charge in [0.2, 0.25) is 5.91 Å². The number of carbonyl (C=O) groups is 1. The Kier molecular flexibility index (Phi) is 4.40. The molecular weight excluding hydrogens is 216 g/mol. The number of piperidine rings is 1. The first-order valence-electron chi connectivity index (χ1n) is 6.80. The topological polar surface area (TPSA) is 41.6 Å². The Labute approximate surface area is 104 Å². The highest BCUT2D eigenvalue weighted by molar-refractivity contribution is 5.77. The molecule has 2 aliphatic rings. The van der Waals surface area contributed by atoms with Gasteiger partial charge in [-0.15, -0.1) is 0 Å². The zero-order valence-corrected chi connectivity index (χ0v) is 10.9. The van der Waals surface area contributed by atoms with Gasteiger partial charge in [-0.25, -0.2) is 0 Å². The van der Waals surface area contributed by atoms with Crippen LogP contribution in [-0.4, -0.2) is 49.2 Å². The Bertz CT molecular complexity index is 264. The number of amides is 1. The monoisotopic (exact) mass is 240 g/mol. The van der Waals surface area contributed by atoms with E-state index in [2.05, 4.69) is 19.2 Å². The van der Waals surface area contributed by atoms with E-state index in [1.54, 1.807) is 0 Å². The van der Waals surface area contributed by atoms with Gasteiger partial charge in [-0.3, -0.25) is 4.79 Å². The number of ether oxygens (including phenoxy) is 1. The van der Waals surface area contributed by atoms with Crippen LogP contribution < -0.4 is 5.32 Å². The summed E-state index contributed by atoms with van der Waals surface area (Å²) < 4.78 is 5.56. The van der Waals surface area contributed by atoms with Crippen LogP contribution in [0.3, 0.4) is 0 Å². The van der Waals surface area contributed by atoms with Crippen molar-refractivity contribution in [2.24, 2.45) is 5.92 Å². The van der Waals surface area contributed by atoms with Gasteiger partial charge in [0.25, 0.3) is 0 Å². The van der Waals surface area contributed by atoms with Crippen molar-refractivity contribution >= 4 is 5.91 Å². The second-order valence-electron chi connectivity index (χ2n) is 5.30. The van der Waals surface area contributed by atoms with Crippen LogP contribution in [0.25, 0.3) is 0 Å². The number of rotatable bonds is 2. The van der Waals surface area contributed by atoms with Crippen LogP contribution in [0.4, 0.5) is 0 Å². The Hall–Kier alpha value is -0.610. The Morgan fingerprint density at radius 2 is 2.06 bits per heavy atom. The van der Waals surface area contributed by atoms with Crippen LogP contribution in [-0.2, 0) is 9.53 Å². The molecule has 2 aliphatic heterocycles. The fourth-order valence-electron chi connectivity index (χ4n) is 2.74. The summed E-state index contributed by atoms with van der Waals surface area (Å²) in [7, 11) is 0. The van der Waals surface area contributed by atoms with Crippen molar-refractivity contribution in [2.75, 3.05) is 26.2 Å². The highest BCUT2D eigenvalue weighted by atomic mass is 16.5. The van der Waals surface area contributed by atoms with Crippen LogP contribution >= 0.6 is 0 Å². The van der Waals surface area contributed by atoms with Crippen LogP contribution in [0, 0.1) is 5.92 Å². The average molecular weight is 240 g/mol. The minimum Gasteiger partial charge on any atom is -0.375 e. The maximum absolute atomic E-state index is 12.3. The van der Waals surface area contributed by atoms with Crippen LogP contribution in [0.15, 0.2) is 0 Å². The number of carbonyl (C=O) groups excluding carboxylic acids is 1. The van der Waals surface area contributed by atoms with E-state index >= 15 is 0 Å². The molecule has 0 spiro atoms. The van der Waals surface area contributed by atoms with Crippen molar-refractivity contribution in [3.05, 3.63) is 0 Å². The molecule has 1 N–H and O–H groups in total. The summed E-state index contributed by atoms with van der Waals surface area (Å²) in [4.78, 5) is 14.3. The Morgan fingerprint density at radius 1 is 1.35 bits per heavy atom. The third kappa shape index (κ3) is 3.19. The molecule has 17 heavy (non-hydrogen) atoms. The van der Waals surface area contributed by atoms with Crippen molar-refractivity contribution in [1.82, 2.24) is 10.2 Å². The normalized spacial score (nSPS) is 31.5. The van der Waals surface area contributed by atoms with E-state index < -0.39 is 0 Å². The second kappa shape index (κ2) is 5.83. The molecule has 1 amide bonds. The standard InChI is InChI=1S/C13H24N2O2/c1-10-11(2)17-8-7-15(10)13(16)9-12-3-5-14-6-4-12/h10-12,14H,3-9H2,1-2H3/t10-,11-/m1/s1. The number of nitrogens with zero attached hydrogens (tertiary/aromatic N) is 1. The predicted molar refractivity (Wildman–Crippen MR) is 66.8 cm³/mol. The molecule has 98 valence electrons. The van der Waals surface area contributed by atoms with E-state index in [1.807, 2.05) is 4.90 Å². The van der Waals surface area contributed by atoms with Gasteiger partial charge in [-0.05, 0) is 45.7 Å². The molecule has 0 aromatic heterocycles. The van der Waals surface area contributed by atoms with E-state index in [0.29, 0.717) is 18.4 Å². The molecule has 0 aromatic carbocycles. The lowest BCUT2D eigenvalue weighted by atomic mass is 9.93. The van der Waals surface area contributed by atoms with Gasteiger partial charge in [0.05, 0.1) is 18.8 Å². The van der Waals surface area contributed by atoms with Gasteiger partial charge >= 0.3 is 0 Å². The summed E-state index contributed by atoms with van der Waals surface area (Å²) in [5, 5.41) is 3.34. The SMILES string of the molecule is C[C@@H]1[C@@H](C)OCCN1C(=O)CC1CCNCC1. The van der Waals surface area contributed by atoms with Crippen molar-refractivity contribution in [3.8, 4) is 0 Å². The predicted octanol–water partition coefficient (Wildman–Crippen LogP) is 1.01. The molecule has 4 nitrogen and oxygen atoms in total. The van der Waals surface area contributed by atoms with Gasteiger partial charge in [0.1, 0.15) is 0 Å². The Balaban J connectivity index is 1.85. The van der Waals surface area contributed by atoms with Crippen LogP contribution in [0.1, 0.15) is 33.1 Å². The summed E-state index contributed by atoms with van der Waals surface area (Å²) in [5.41, 5.74) is 0. The zero-order valence-electron chi connectivity index (χ0n) is 10.9. The smallest absolute Gasteiger partial charge is 0.223 e. The molecule has 0 aromatic rings. The summed E-state index contributed by atoms with van der Waals surface area (Å²) in [6.07, 6.45) is 3.17. The molecule has 2 fully saturated rings. The molecular formula is C13H24N2O2. The van der Waals surface area contributed by atoms with E-state index in [0.717, 1.165) is 38.9 Å². The van der Waals surface area contributed by atoms with E-state index in [1.165, 1.54) is 0 Å². The minimum absolute atomic E-state index is 0.167. The number of morpholine rings is 1. The quantitative estimate of drug-likeness (QED) is 0.783. The average Bonchev–Trinajstić information content (AvgIpc) is 2.34. The first-order chi connectivity index (χ1) is 8.18. The van der Waals surface area contributed by atoms with Gasteiger partial charge < -0.3 is 15.0 Å². The van der Waals surface area contributed by atoms with Crippen LogP contribution in [0.2, 0.25) is 0 Å². The minimum atomic E-state index is 0.167. The fraction of sp³-hybridized carbons (Fsp3) is 0.923. The lowest BCUT2D eigenvalue weighted by molar-refractivity contribution is -0.145. The second-order valence-corrected chi connectivity index (χ2v) is 5.30. The highest BCUT2D eigenvalue weighted by Crippen LogP contribution is 2.20. The third-order valence-electron chi connectivity index (χ3n) is 4.13. The lowest BCUT2D eigenvalue weighted by Crippen LogP contribution is -2.51. The largest absolute Gasteiger partial charge is 0.375 e. The summed E-state index contributed by atoms with van der Waals surface area (Å²) >= 11 is 0. The molecule has 0 saturated carbocycles. The van der Waals surface area contributed by atoms with Crippen molar-refractivity contribution in [1.29, 1.82) is 0 Å². The summed E-state index contributed by atoms with van der Waals surface area (Å²) in [5.74, 6) is 0.897. The van der Waals surface area contributed by atoms with Crippen molar-refractivity contribution in [2.45, 2.75) is 45.3 Å². The van der Waals surface area contributed by atoms with E-state index in [-0.39, 0.29) is 12.1 Å². The highest BCUT2D eigenvalue weighted by Gasteiger charge is 2.30. The molecule has 0 bridgehead atoms. The molecule has 2 saturated heterocycles. The van der Waals surface area contributed by atoms with Gasteiger partial charge in [0.15, 0.2) is 0 Å². The molecule has 4 heteroatoms. The molecule has 2 rings (SSSR count). The third-order valence-corrected chi connectivity index (χ3v) is 4.13. The Morgan fingerprint density at radius 3 is 2.76 bits per heavy atom. The van der Waals surface area contributed by atoms with Crippen molar-refractivity contribution < 1.29 is 9.53 Å². The van der Waals surface area contributed by atoms with Gasteiger partial charge in [-0.2, -0.15) is 0 Å². The zero-order chi connectivity index (χ0) is 12.3. The molecule has 0 unspecified atom stereocenters. The number of nitrogens with one attached hydrogen (secondary N) is 1. The fourth-order valence-corrected chi connectivity index (χ4v) is 2.74. The number of hydrogen-bond donors (Lipinski definition) is 1. The van der Waals surface area contributed by atoms with E-state index in [9.17, 15) is 4.79 Å². The molecule has 0 aliphatic carbocycles. The maximum Gasteiger partial charge on any atom is 0.223 e. The molecule has 2 heterocycles. The van der Waals surface area contributed by atoms with Crippen LogP contribution in [0.5, 0.6) is 0 Å². The van der Waals surface area contributed by atoms with E-state index in [4.69, 9.17) is 4.74 Å². The van der Waals surface area contributed by atoms with Gasteiger partial charge in [-0.1, -0.05) is 0 Å². The van der Waals surface area contributed by atoms with Gasteiger partial charge in [0, 0.05) is 13.0 Å². The first-order valence-corrected chi connectivity index (χ1v) is 6.80. The summed E-state index contributed by atoms with van der Waals surface area (Å²) in [6, 6.07) is 0.220. The lowest BCUT2D eigenvalue weighted by Gasteiger charge is -2.38. The number of hydrogen-bond acceptors (Lipinski definition) is 3. The molecule has 2 atom stereocenters. The van der Waals surface area contributed by atoms with Crippen molar-refractivity contribution in [3.63, 3.8) is 0 Å².